The fourth-order valence-corrected chi connectivity index (χ4v) is 5.15. The molecule has 0 saturated carbocycles. The number of thiophene rings is 1. The molecule has 1 aromatic heterocycles. The number of nitrogens with two attached hydrogens (primary N) is 1. The quantitative estimate of drug-likeness (QED) is 0.781. The Balaban J connectivity index is 3.13. The van der Waals surface area contributed by atoms with Gasteiger partial charge in [0, 0.05) is 0 Å². The largest absolute Gasteiger partial charge is 0.392 e. The normalized spacial score (nSPS) is 15.3. The van der Waals surface area contributed by atoms with Gasteiger partial charge in [0.25, 0.3) is 10.0 Å². The summed E-state index contributed by atoms with van der Waals surface area (Å²) in [5.74, 6) is 0. The Morgan fingerprint density at radius 1 is 1.67 bits per heavy atom. The van der Waals surface area contributed by atoms with Crippen LogP contribution in [0.4, 0.5) is 0 Å². The summed E-state index contributed by atoms with van der Waals surface area (Å²) in [6, 6.07) is 1.62. The fraction of sp³-hybridized carbons (Fsp3) is 0.500. The first kappa shape index (κ1) is 16.0. The number of sulfonamides is 1. The van der Waals surface area contributed by atoms with Crippen LogP contribution in [0.15, 0.2) is 14.1 Å². The average Bonchev–Trinajstić information content (AvgIpc) is 2.59. The standard InChI is InChI=1S/C10H15BrN2O2S3/c1-4-10(3,9(12)16)13-18(14,15)7-5-6(2)8(11)17-7/h5,13H,4H2,1-3H3,(H2,12,16). The van der Waals surface area contributed by atoms with Crippen LogP contribution in [0.3, 0.4) is 0 Å². The summed E-state index contributed by atoms with van der Waals surface area (Å²) in [6.45, 7) is 5.35. The van der Waals surface area contributed by atoms with Crippen molar-refractivity contribution >= 4 is 54.5 Å². The zero-order valence-corrected chi connectivity index (χ0v) is 14.3. The third kappa shape index (κ3) is 3.30. The van der Waals surface area contributed by atoms with Crippen LogP contribution >= 0.6 is 39.5 Å². The first-order valence-electron chi connectivity index (χ1n) is 5.22. The second kappa shape index (κ2) is 5.54. The first-order valence-corrected chi connectivity index (χ1v) is 8.72. The molecule has 0 amide bonds. The fourth-order valence-electron chi connectivity index (χ4n) is 1.21. The van der Waals surface area contributed by atoms with Gasteiger partial charge in [-0.15, -0.1) is 11.3 Å². The summed E-state index contributed by atoms with van der Waals surface area (Å²) in [4.78, 5) is 0.140. The van der Waals surface area contributed by atoms with Crippen LogP contribution in [-0.2, 0) is 10.0 Å². The minimum absolute atomic E-state index is 0.140. The maximum absolute atomic E-state index is 12.2. The van der Waals surface area contributed by atoms with E-state index in [9.17, 15) is 8.42 Å². The van der Waals surface area contributed by atoms with Crippen LogP contribution in [0.25, 0.3) is 0 Å². The van der Waals surface area contributed by atoms with Crippen molar-refractivity contribution in [1.29, 1.82) is 0 Å². The van der Waals surface area contributed by atoms with Crippen LogP contribution in [0.5, 0.6) is 0 Å². The maximum Gasteiger partial charge on any atom is 0.250 e. The predicted octanol–water partition coefficient (Wildman–Crippen LogP) is 2.55. The average molecular weight is 371 g/mol. The molecular weight excluding hydrogens is 356 g/mol. The Morgan fingerprint density at radius 3 is 2.56 bits per heavy atom. The molecule has 0 aliphatic heterocycles. The van der Waals surface area contributed by atoms with Gasteiger partial charge in [-0.3, -0.25) is 0 Å². The molecule has 0 radical (unpaired) electrons. The van der Waals surface area contributed by atoms with Crippen molar-refractivity contribution in [2.24, 2.45) is 5.73 Å². The lowest BCUT2D eigenvalue weighted by molar-refractivity contribution is 0.513. The van der Waals surface area contributed by atoms with Crippen LogP contribution in [0.2, 0.25) is 0 Å². The zero-order chi connectivity index (χ0) is 14.1. The second-order valence-corrected chi connectivity index (χ2v) is 8.90. The van der Waals surface area contributed by atoms with Gasteiger partial charge in [0.1, 0.15) is 4.21 Å². The van der Waals surface area contributed by atoms with Gasteiger partial charge in [0.2, 0.25) is 0 Å². The Bertz CT molecular complexity index is 548. The molecule has 0 aliphatic carbocycles. The molecule has 0 saturated heterocycles. The summed E-state index contributed by atoms with van der Waals surface area (Å²) < 4.78 is 28.1. The third-order valence-corrected chi connectivity index (χ3v) is 7.37. The number of hydrogen-bond acceptors (Lipinski definition) is 4. The van der Waals surface area contributed by atoms with Crippen molar-refractivity contribution < 1.29 is 8.42 Å². The molecule has 1 heterocycles. The highest BCUT2D eigenvalue weighted by Crippen LogP contribution is 2.31. The lowest BCUT2D eigenvalue weighted by atomic mass is 10.0. The molecule has 8 heteroatoms. The summed E-state index contributed by atoms with van der Waals surface area (Å²) in [7, 11) is -3.61. The van der Waals surface area contributed by atoms with Gasteiger partial charge in [-0.1, -0.05) is 19.1 Å². The molecule has 1 rings (SSSR count). The Hall–Kier alpha value is -0.0200. The van der Waals surface area contributed by atoms with Gasteiger partial charge >= 0.3 is 0 Å². The Kier molecular flexibility index (Phi) is 4.93. The molecular formula is C10H15BrN2O2S3. The lowest BCUT2D eigenvalue weighted by Crippen LogP contribution is -2.53. The summed E-state index contributed by atoms with van der Waals surface area (Å²) in [5.41, 5.74) is 5.58. The highest BCUT2D eigenvalue weighted by atomic mass is 79.9. The van der Waals surface area contributed by atoms with Crippen molar-refractivity contribution in [3.8, 4) is 0 Å². The van der Waals surface area contributed by atoms with E-state index in [-0.39, 0.29) is 9.20 Å². The summed E-state index contributed by atoms with van der Waals surface area (Å²) in [6.07, 6.45) is 0.493. The third-order valence-electron chi connectivity index (χ3n) is 2.71. The van der Waals surface area contributed by atoms with Crippen LogP contribution in [0.1, 0.15) is 25.8 Å². The number of aryl methyl sites for hydroxylation is 1. The molecule has 1 aromatic rings. The minimum atomic E-state index is -3.61. The van der Waals surface area contributed by atoms with Gasteiger partial charge in [-0.05, 0) is 47.8 Å². The topological polar surface area (TPSA) is 72.2 Å². The number of nitrogens with one attached hydrogen (secondary N) is 1. The summed E-state index contributed by atoms with van der Waals surface area (Å²) >= 11 is 9.40. The molecule has 0 spiro atoms. The van der Waals surface area contributed by atoms with Crippen molar-refractivity contribution in [3.63, 3.8) is 0 Å². The molecule has 0 bridgehead atoms. The Morgan fingerprint density at radius 2 is 2.22 bits per heavy atom. The van der Waals surface area contributed by atoms with E-state index in [2.05, 4.69) is 20.7 Å². The molecule has 0 aromatic carbocycles. The number of thiocarbonyl (C=S) groups is 1. The lowest BCUT2D eigenvalue weighted by Gasteiger charge is -2.27. The van der Waals surface area contributed by atoms with Crippen molar-refractivity contribution in [2.45, 2.75) is 36.9 Å². The van der Waals surface area contributed by atoms with E-state index in [1.54, 1.807) is 13.0 Å². The molecule has 1 atom stereocenters. The molecule has 3 N–H and O–H groups in total. The van der Waals surface area contributed by atoms with Gasteiger partial charge in [-0.2, -0.15) is 4.72 Å². The van der Waals surface area contributed by atoms with Crippen LogP contribution < -0.4 is 10.5 Å². The Labute approximate surface area is 125 Å². The van der Waals surface area contributed by atoms with E-state index in [1.807, 2.05) is 13.8 Å². The highest BCUT2D eigenvalue weighted by molar-refractivity contribution is 9.11. The maximum atomic E-state index is 12.2. The van der Waals surface area contributed by atoms with Gasteiger partial charge in [0.05, 0.1) is 14.3 Å². The van der Waals surface area contributed by atoms with Crippen molar-refractivity contribution in [3.05, 3.63) is 15.4 Å². The molecule has 4 nitrogen and oxygen atoms in total. The van der Waals surface area contributed by atoms with Crippen LogP contribution in [0, 0.1) is 6.92 Å². The van der Waals surface area contributed by atoms with Gasteiger partial charge < -0.3 is 5.73 Å². The van der Waals surface area contributed by atoms with Crippen LogP contribution in [-0.4, -0.2) is 18.9 Å². The van der Waals surface area contributed by atoms with E-state index >= 15 is 0 Å². The van der Waals surface area contributed by atoms with E-state index in [0.717, 1.165) is 9.35 Å². The van der Waals surface area contributed by atoms with Gasteiger partial charge in [0.15, 0.2) is 0 Å². The van der Waals surface area contributed by atoms with E-state index < -0.39 is 15.6 Å². The monoisotopic (exact) mass is 370 g/mol. The smallest absolute Gasteiger partial charge is 0.250 e. The van der Waals surface area contributed by atoms with E-state index in [0.29, 0.717) is 6.42 Å². The molecule has 18 heavy (non-hydrogen) atoms. The second-order valence-electron chi connectivity index (χ2n) is 4.18. The van der Waals surface area contributed by atoms with Crippen molar-refractivity contribution in [1.82, 2.24) is 4.72 Å². The number of hydrogen-bond donors (Lipinski definition) is 2. The number of halogens is 1. The number of rotatable bonds is 5. The van der Waals surface area contributed by atoms with E-state index in [4.69, 9.17) is 18.0 Å². The minimum Gasteiger partial charge on any atom is -0.392 e. The van der Waals surface area contributed by atoms with Gasteiger partial charge in [-0.25, -0.2) is 8.42 Å². The van der Waals surface area contributed by atoms with Crippen molar-refractivity contribution in [2.75, 3.05) is 0 Å². The highest BCUT2D eigenvalue weighted by Gasteiger charge is 2.32. The van der Waals surface area contributed by atoms with E-state index in [1.165, 1.54) is 11.3 Å². The predicted molar refractivity (Wildman–Crippen MR) is 82.6 cm³/mol. The zero-order valence-electron chi connectivity index (χ0n) is 10.3. The SMILES string of the molecule is CCC(C)(NS(=O)(=O)c1cc(C)c(Br)s1)C(N)=S. The molecule has 102 valence electrons. The summed E-state index contributed by atoms with van der Waals surface area (Å²) in [5, 5.41) is 0. The molecule has 0 fully saturated rings. The molecule has 0 aliphatic rings. The first-order chi connectivity index (χ1) is 8.12. The molecule has 1 unspecified atom stereocenters.